The third kappa shape index (κ3) is 15.9. The van der Waals surface area contributed by atoms with E-state index in [2.05, 4.69) is 82.7 Å². The predicted octanol–water partition coefficient (Wildman–Crippen LogP) is 5.20. The van der Waals surface area contributed by atoms with Gasteiger partial charge in [-0.25, -0.2) is 29.5 Å². The molecule has 2 aliphatic rings. The van der Waals surface area contributed by atoms with Crippen LogP contribution in [-0.4, -0.2) is 103 Å². The van der Waals surface area contributed by atoms with Gasteiger partial charge in [0.2, 0.25) is 23.6 Å². The van der Waals surface area contributed by atoms with Crippen molar-refractivity contribution in [2.45, 2.75) is 110 Å². The van der Waals surface area contributed by atoms with Gasteiger partial charge in [-0.3, -0.25) is 9.59 Å². The van der Waals surface area contributed by atoms with Crippen molar-refractivity contribution < 1.29 is 48.4 Å². The van der Waals surface area contributed by atoms with Crippen LogP contribution in [0.3, 0.4) is 0 Å². The van der Waals surface area contributed by atoms with E-state index in [-0.39, 0.29) is 34.5 Å². The minimum atomic E-state index is -2.27. The molecule has 60 heavy (non-hydrogen) atoms. The normalized spacial score (nSPS) is 16.1. The Morgan fingerprint density at radius 2 is 1.02 bits per heavy atom. The number of aliphatic hydroxyl groups excluding tert-OH is 2. The predicted molar refractivity (Wildman–Crippen MR) is 229 cm³/mol. The standard InChI is InChI=1S/2C17H24N4O2S2.C4H6O6/c2*1-17(2,3)12-8-19-13(23-12)10-24-14-9-20-16(25-14)21-15(22)11-4-6-18-7-5-11;5-1(3(7)8)2(6)4(9)10/h2*8-9,11,18H,4-7,10H2,1-3H3,(H,20,21,22);1-2,5-6H,(H,7,8)(H,9,10)/t;;1-,2?/m..1/s1. The van der Waals surface area contributed by atoms with Crippen LogP contribution in [-0.2, 0) is 41.5 Å². The molecule has 2 atom stereocenters. The van der Waals surface area contributed by atoms with Crippen molar-refractivity contribution in [1.82, 2.24) is 30.6 Å². The summed E-state index contributed by atoms with van der Waals surface area (Å²) in [6, 6.07) is 0. The molecule has 0 radical (unpaired) electrons. The Bertz CT molecular complexity index is 1850. The van der Waals surface area contributed by atoms with Crippen molar-refractivity contribution in [3.05, 3.63) is 48.1 Å². The summed E-state index contributed by atoms with van der Waals surface area (Å²) in [7, 11) is 0. The topological polar surface area (TPSA) is 275 Å². The van der Waals surface area contributed by atoms with Crippen LogP contribution in [0.5, 0.6) is 0 Å². The Kier molecular flexibility index (Phi) is 18.5. The van der Waals surface area contributed by atoms with E-state index in [0.717, 1.165) is 71.8 Å². The third-order valence-corrected chi connectivity index (χ3v) is 13.1. The van der Waals surface area contributed by atoms with Gasteiger partial charge in [0.15, 0.2) is 22.5 Å². The molecular formula is C38H54N8O10S4. The summed E-state index contributed by atoms with van der Waals surface area (Å²) >= 11 is 6.22. The first-order valence-corrected chi connectivity index (χ1v) is 22.8. The molecule has 18 nitrogen and oxygen atoms in total. The number of aliphatic hydroxyl groups is 2. The number of thioether (sulfide) groups is 2. The van der Waals surface area contributed by atoms with E-state index in [0.29, 0.717) is 33.6 Å². The fourth-order valence-corrected chi connectivity index (χ4v) is 8.79. The van der Waals surface area contributed by atoms with Gasteiger partial charge in [0, 0.05) is 22.7 Å². The summed E-state index contributed by atoms with van der Waals surface area (Å²) < 4.78 is 13.7. The van der Waals surface area contributed by atoms with E-state index in [1.165, 1.54) is 22.7 Å². The second-order valence-electron chi connectivity index (χ2n) is 15.9. The number of aromatic nitrogens is 4. The average Bonchev–Trinajstić information content (AvgIpc) is 4.05. The number of aliphatic carboxylic acids is 2. The van der Waals surface area contributed by atoms with Gasteiger partial charge in [0.1, 0.15) is 11.5 Å². The lowest BCUT2D eigenvalue weighted by Crippen LogP contribution is -2.39. The highest BCUT2D eigenvalue weighted by Crippen LogP contribution is 2.34. The zero-order valence-corrected chi connectivity index (χ0v) is 37.6. The summed E-state index contributed by atoms with van der Waals surface area (Å²) in [6.45, 7) is 16.2. The van der Waals surface area contributed by atoms with E-state index in [9.17, 15) is 19.2 Å². The lowest BCUT2D eigenvalue weighted by atomic mass is 9.94. The van der Waals surface area contributed by atoms with Crippen LogP contribution in [0.25, 0.3) is 0 Å². The number of nitrogens with zero attached hydrogens (tertiary/aromatic N) is 4. The highest BCUT2D eigenvalue weighted by molar-refractivity contribution is 8.00. The van der Waals surface area contributed by atoms with Crippen molar-refractivity contribution in [3.63, 3.8) is 0 Å². The van der Waals surface area contributed by atoms with Gasteiger partial charge in [0.25, 0.3) is 0 Å². The number of thiazole rings is 2. The molecule has 0 aliphatic carbocycles. The molecule has 0 aromatic carbocycles. The minimum absolute atomic E-state index is 0.0352. The summed E-state index contributed by atoms with van der Waals surface area (Å²) in [6.07, 6.45) is 6.20. The molecule has 2 amide bonds. The van der Waals surface area contributed by atoms with Gasteiger partial charge in [0.05, 0.1) is 44.7 Å². The van der Waals surface area contributed by atoms with Crippen molar-refractivity contribution in [2.24, 2.45) is 11.8 Å². The maximum atomic E-state index is 12.2. The van der Waals surface area contributed by atoms with Crippen LogP contribution >= 0.6 is 46.2 Å². The van der Waals surface area contributed by atoms with Gasteiger partial charge in [-0.15, -0.1) is 23.5 Å². The Hall–Kier alpha value is -3.90. The maximum absolute atomic E-state index is 12.2. The largest absolute Gasteiger partial charge is 0.479 e. The molecule has 2 saturated heterocycles. The quantitative estimate of drug-likeness (QED) is 0.0801. The summed E-state index contributed by atoms with van der Waals surface area (Å²) in [5, 5.41) is 46.3. The van der Waals surface area contributed by atoms with E-state index < -0.39 is 24.1 Å². The number of carbonyl (C=O) groups excluding carboxylic acids is 2. The first-order valence-electron chi connectivity index (χ1n) is 19.2. The Balaban J connectivity index is 0.000000217. The maximum Gasteiger partial charge on any atom is 0.335 e. The highest BCUT2D eigenvalue weighted by Gasteiger charge is 2.29. The van der Waals surface area contributed by atoms with Crippen molar-refractivity contribution >= 4 is 80.2 Å². The smallest absolute Gasteiger partial charge is 0.335 e. The highest BCUT2D eigenvalue weighted by atomic mass is 32.2. The fraction of sp³-hybridized carbons (Fsp3) is 0.579. The number of oxazole rings is 2. The van der Waals surface area contributed by atoms with Gasteiger partial charge in [-0.05, 0) is 51.9 Å². The number of hydrogen-bond acceptors (Lipinski definition) is 18. The van der Waals surface area contributed by atoms with Crippen LogP contribution in [0.1, 0.15) is 90.5 Å². The number of piperidine rings is 2. The molecule has 22 heteroatoms. The van der Waals surface area contributed by atoms with Gasteiger partial charge in [-0.2, -0.15) is 0 Å². The number of rotatable bonds is 13. The number of carboxylic acids is 2. The summed E-state index contributed by atoms with van der Waals surface area (Å²) in [5.74, 6) is 1.31. The Morgan fingerprint density at radius 3 is 1.32 bits per heavy atom. The first kappa shape index (κ1) is 48.8. The molecule has 0 bridgehead atoms. The lowest BCUT2D eigenvalue weighted by molar-refractivity contribution is -0.165. The molecule has 1 unspecified atom stereocenters. The number of hydrogen-bond donors (Lipinski definition) is 8. The van der Waals surface area contributed by atoms with Gasteiger partial charge in [-0.1, -0.05) is 64.2 Å². The van der Waals surface area contributed by atoms with Crippen molar-refractivity contribution in [2.75, 3.05) is 36.8 Å². The van der Waals surface area contributed by atoms with Crippen LogP contribution in [0.2, 0.25) is 0 Å². The zero-order valence-electron chi connectivity index (χ0n) is 34.4. The van der Waals surface area contributed by atoms with Crippen LogP contribution in [0.15, 0.2) is 42.0 Å². The Morgan fingerprint density at radius 1 is 0.667 bits per heavy atom. The number of carbonyl (C=O) groups is 4. The number of anilines is 2. The molecule has 330 valence electrons. The Labute approximate surface area is 364 Å². The van der Waals surface area contributed by atoms with Crippen LogP contribution in [0.4, 0.5) is 10.3 Å². The number of amides is 2. The molecule has 8 N–H and O–H groups in total. The summed E-state index contributed by atoms with van der Waals surface area (Å²) in [5.41, 5.74) is -0.0704. The van der Waals surface area contributed by atoms with Gasteiger partial charge < -0.3 is 50.5 Å². The fourth-order valence-electron chi connectivity index (χ4n) is 5.33. The SMILES string of the molecule is CC(C)(C)c1cnc(CSc2cnc(NC(=O)C3CCNCC3)s2)o1.CC(C)(C)c1cnc(CSc2cnc(NC(=O)C3CCNCC3)s2)o1.O=C(O)C(O)[C@@H](O)C(=O)O. The summed E-state index contributed by atoms with van der Waals surface area (Å²) in [4.78, 5) is 61.3. The zero-order chi connectivity index (χ0) is 44.0. The molecule has 0 saturated carbocycles. The van der Waals surface area contributed by atoms with Crippen molar-refractivity contribution in [1.29, 1.82) is 0 Å². The molecule has 4 aromatic rings. The second-order valence-corrected chi connectivity index (χ2v) is 20.5. The molecule has 6 rings (SSSR count). The molecule has 2 fully saturated rings. The van der Waals surface area contributed by atoms with E-state index in [1.807, 2.05) is 0 Å². The van der Waals surface area contributed by atoms with Crippen LogP contribution in [0, 0.1) is 11.8 Å². The monoisotopic (exact) mass is 910 g/mol. The average molecular weight is 911 g/mol. The minimum Gasteiger partial charge on any atom is -0.479 e. The van der Waals surface area contributed by atoms with Crippen molar-refractivity contribution in [3.8, 4) is 0 Å². The second kappa shape index (κ2) is 22.8. The molecule has 6 heterocycles. The first-order chi connectivity index (χ1) is 28.3. The van der Waals surface area contributed by atoms with Gasteiger partial charge >= 0.3 is 11.9 Å². The number of carboxylic acid groups (broad SMARTS) is 2. The van der Waals surface area contributed by atoms with E-state index in [4.69, 9.17) is 29.3 Å². The molecular weight excluding hydrogens is 857 g/mol. The van der Waals surface area contributed by atoms with E-state index >= 15 is 0 Å². The van der Waals surface area contributed by atoms with Crippen LogP contribution < -0.4 is 21.3 Å². The molecule has 0 spiro atoms. The van der Waals surface area contributed by atoms with E-state index in [1.54, 1.807) is 48.3 Å². The number of nitrogens with one attached hydrogen (secondary N) is 4. The third-order valence-electron chi connectivity index (χ3n) is 8.92. The molecule has 4 aromatic heterocycles. The lowest BCUT2D eigenvalue weighted by Gasteiger charge is -2.20. The molecule has 2 aliphatic heterocycles.